The highest BCUT2D eigenvalue weighted by Crippen LogP contribution is 2.28. The summed E-state index contributed by atoms with van der Waals surface area (Å²) < 4.78 is 0. The number of carbonyl (C=O) groups is 1. The molecule has 0 spiro atoms. The Balaban J connectivity index is 3.23. The van der Waals surface area contributed by atoms with E-state index in [4.69, 9.17) is 0 Å². The van der Waals surface area contributed by atoms with Crippen molar-refractivity contribution in [3.05, 3.63) is 34.9 Å². The van der Waals surface area contributed by atoms with E-state index in [1.165, 1.54) is 5.56 Å². The van der Waals surface area contributed by atoms with Crippen LogP contribution in [0.1, 0.15) is 73.9 Å². The van der Waals surface area contributed by atoms with E-state index >= 15 is 0 Å². The van der Waals surface area contributed by atoms with Crippen LogP contribution >= 0.6 is 0 Å². The van der Waals surface area contributed by atoms with Gasteiger partial charge in [0, 0.05) is 0 Å². The van der Waals surface area contributed by atoms with Crippen molar-refractivity contribution < 1.29 is 9.90 Å². The van der Waals surface area contributed by atoms with Crippen LogP contribution < -0.4 is 0 Å². The highest BCUT2D eigenvalue weighted by atomic mass is 16.4. The monoisotopic (exact) mass is 234 g/mol. The van der Waals surface area contributed by atoms with E-state index in [0.717, 1.165) is 18.4 Å². The summed E-state index contributed by atoms with van der Waals surface area (Å²) in [6.07, 6.45) is 2.04. The van der Waals surface area contributed by atoms with Crippen molar-refractivity contribution in [3.8, 4) is 0 Å². The number of rotatable bonds is 5. The molecule has 0 amide bonds. The van der Waals surface area contributed by atoms with Gasteiger partial charge in [-0.15, -0.1) is 0 Å². The van der Waals surface area contributed by atoms with E-state index in [2.05, 4.69) is 33.8 Å². The fraction of sp³-hybridized carbons (Fsp3) is 0.533. The van der Waals surface area contributed by atoms with Crippen LogP contribution in [-0.2, 0) is 0 Å². The van der Waals surface area contributed by atoms with Gasteiger partial charge in [0.1, 0.15) is 0 Å². The molecule has 0 fully saturated rings. The summed E-state index contributed by atoms with van der Waals surface area (Å²) in [5.74, 6) is -0.0400. The number of carboxylic acid groups (broad SMARTS) is 1. The van der Waals surface area contributed by atoms with Gasteiger partial charge in [0.2, 0.25) is 0 Å². The Labute approximate surface area is 104 Å². The number of hydrogen-bond donors (Lipinski definition) is 1. The molecule has 94 valence electrons. The molecular formula is C15H22O2. The van der Waals surface area contributed by atoms with Crippen molar-refractivity contribution in [1.29, 1.82) is 0 Å². The zero-order valence-electron chi connectivity index (χ0n) is 11.2. The number of aromatic carboxylic acids is 1. The molecule has 1 aromatic carbocycles. The van der Waals surface area contributed by atoms with Gasteiger partial charge in [-0.25, -0.2) is 4.79 Å². The molecule has 1 N–H and O–H groups in total. The maximum absolute atomic E-state index is 11.2. The molecular weight excluding hydrogens is 212 g/mol. The average molecular weight is 234 g/mol. The quantitative estimate of drug-likeness (QED) is 0.819. The van der Waals surface area contributed by atoms with Gasteiger partial charge in [0.05, 0.1) is 5.56 Å². The molecule has 2 unspecified atom stereocenters. The van der Waals surface area contributed by atoms with Gasteiger partial charge in [-0.3, -0.25) is 0 Å². The Morgan fingerprint density at radius 1 is 1.18 bits per heavy atom. The summed E-state index contributed by atoms with van der Waals surface area (Å²) in [5, 5.41) is 9.20. The minimum absolute atomic E-state index is 0.296. The van der Waals surface area contributed by atoms with Gasteiger partial charge in [-0.1, -0.05) is 39.8 Å². The van der Waals surface area contributed by atoms with Crippen LogP contribution in [0.5, 0.6) is 0 Å². The molecule has 0 saturated heterocycles. The predicted molar refractivity (Wildman–Crippen MR) is 70.8 cm³/mol. The van der Waals surface area contributed by atoms with Crippen LogP contribution in [-0.4, -0.2) is 11.1 Å². The third-order valence-electron chi connectivity index (χ3n) is 3.63. The Hall–Kier alpha value is -1.31. The van der Waals surface area contributed by atoms with Gasteiger partial charge in [0.25, 0.3) is 0 Å². The van der Waals surface area contributed by atoms with Crippen LogP contribution in [0.3, 0.4) is 0 Å². The molecule has 0 aromatic heterocycles. The highest BCUT2D eigenvalue weighted by molar-refractivity contribution is 5.89. The topological polar surface area (TPSA) is 37.3 Å². The van der Waals surface area contributed by atoms with Gasteiger partial charge in [-0.2, -0.15) is 0 Å². The minimum Gasteiger partial charge on any atom is -0.478 e. The first-order valence-corrected chi connectivity index (χ1v) is 6.38. The summed E-state index contributed by atoms with van der Waals surface area (Å²) in [6.45, 7) is 8.50. The Bertz CT molecular complexity index is 396. The number of benzene rings is 1. The first-order chi connectivity index (χ1) is 8.01. The smallest absolute Gasteiger partial charge is 0.335 e. The second kappa shape index (κ2) is 5.85. The van der Waals surface area contributed by atoms with Crippen LogP contribution in [0.15, 0.2) is 18.2 Å². The van der Waals surface area contributed by atoms with E-state index in [1.54, 1.807) is 6.07 Å². The van der Waals surface area contributed by atoms with Crippen LogP contribution in [0.4, 0.5) is 0 Å². The van der Waals surface area contributed by atoms with Crippen LogP contribution in [0, 0.1) is 0 Å². The zero-order valence-corrected chi connectivity index (χ0v) is 11.2. The van der Waals surface area contributed by atoms with Crippen molar-refractivity contribution in [1.82, 2.24) is 0 Å². The SMILES string of the molecule is CCC(C)c1ccc(C(=O)O)c(C(C)CC)c1. The molecule has 17 heavy (non-hydrogen) atoms. The van der Waals surface area contributed by atoms with Crippen molar-refractivity contribution in [2.24, 2.45) is 0 Å². The first-order valence-electron chi connectivity index (χ1n) is 6.38. The third-order valence-corrected chi connectivity index (χ3v) is 3.63. The molecule has 1 rings (SSSR count). The molecule has 0 saturated carbocycles. The van der Waals surface area contributed by atoms with Crippen LogP contribution in [0.2, 0.25) is 0 Å². The molecule has 0 aliphatic rings. The molecule has 0 bridgehead atoms. The normalized spacial score (nSPS) is 14.4. The molecule has 1 aromatic rings. The average Bonchev–Trinajstić information content (AvgIpc) is 2.35. The second-order valence-corrected chi connectivity index (χ2v) is 4.77. The van der Waals surface area contributed by atoms with Gasteiger partial charge >= 0.3 is 5.97 Å². The van der Waals surface area contributed by atoms with Gasteiger partial charge < -0.3 is 5.11 Å². The van der Waals surface area contributed by atoms with E-state index in [0.29, 0.717) is 17.4 Å². The summed E-state index contributed by atoms with van der Waals surface area (Å²) >= 11 is 0. The molecule has 2 heteroatoms. The van der Waals surface area contributed by atoms with E-state index in [-0.39, 0.29) is 0 Å². The van der Waals surface area contributed by atoms with Crippen molar-refractivity contribution >= 4 is 5.97 Å². The maximum Gasteiger partial charge on any atom is 0.335 e. The fourth-order valence-electron chi connectivity index (χ4n) is 1.95. The van der Waals surface area contributed by atoms with Crippen LogP contribution in [0.25, 0.3) is 0 Å². The van der Waals surface area contributed by atoms with Crippen molar-refractivity contribution in [2.45, 2.75) is 52.4 Å². The molecule has 0 aliphatic heterocycles. The molecule has 0 aliphatic carbocycles. The zero-order chi connectivity index (χ0) is 13.0. The number of carboxylic acids is 1. The number of hydrogen-bond acceptors (Lipinski definition) is 1. The molecule has 0 heterocycles. The summed E-state index contributed by atoms with van der Waals surface area (Å²) in [7, 11) is 0. The summed E-state index contributed by atoms with van der Waals surface area (Å²) in [4.78, 5) is 11.2. The Kier molecular flexibility index (Phi) is 4.73. The fourth-order valence-corrected chi connectivity index (χ4v) is 1.95. The minimum atomic E-state index is -0.823. The lowest BCUT2D eigenvalue weighted by Crippen LogP contribution is -2.07. The van der Waals surface area contributed by atoms with Gasteiger partial charge in [-0.05, 0) is 41.9 Å². The van der Waals surface area contributed by atoms with Crippen molar-refractivity contribution in [2.75, 3.05) is 0 Å². The molecule has 0 radical (unpaired) electrons. The Morgan fingerprint density at radius 2 is 1.76 bits per heavy atom. The predicted octanol–water partition coefficient (Wildman–Crippen LogP) is 4.41. The lowest BCUT2D eigenvalue weighted by molar-refractivity contribution is 0.0695. The largest absolute Gasteiger partial charge is 0.478 e. The first kappa shape index (κ1) is 13.8. The summed E-state index contributed by atoms with van der Waals surface area (Å²) in [5.41, 5.74) is 2.66. The third kappa shape index (κ3) is 3.09. The lowest BCUT2D eigenvalue weighted by Gasteiger charge is -2.17. The Morgan fingerprint density at radius 3 is 2.24 bits per heavy atom. The standard InChI is InChI=1S/C15H22O2/c1-5-10(3)12-7-8-13(15(16)17)14(9-12)11(4)6-2/h7-11H,5-6H2,1-4H3,(H,16,17). The highest BCUT2D eigenvalue weighted by Gasteiger charge is 2.16. The summed E-state index contributed by atoms with van der Waals surface area (Å²) in [6, 6.07) is 5.78. The maximum atomic E-state index is 11.2. The van der Waals surface area contributed by atoms with E-state index in [1.807, 2.05) is 6.07 Å². The molecule has 2 nitrogen and oxygen atoms in total. The van der Waals surface area contributed by atoms with Gasteiger partial charge in [0.15, 0.2) is 0 Å². The lowest BCUT2D eigenvalue weighted by atomic mass is 9.88. The molecule has 2 atom stereocenters. The van der Waals surface area contributed by atoms with Crippen molar-refractivity contribution in [3.63, 3.8) is 0 Å². The van der Waals surface area contributed by atoms with E-state index in [9.17, 15) is 9.90 Å². The van der Waals surface area contributed by atoms with E-state index < -0.39 is 5.97 Å². The second-order valence-electron chi connectivity index (χ2n) is 4.77.